The molecule has 0 radical (unpaired) electrons. The molecule has 1 heterocycles. The number of halogens is 1. The Morgan fingerprint density at radius 3 is 2.48 bits per heavy atom. The summed E-state index contributed by atoms with van der Waals surface area (Å²) in [7, 11) is 0. The molecule has 148 valence electrons. The van der Waals surface area contributed by atoms with E-state index in [4.69, 9.17) is 11.6 Å². The number of carbonyl (C=O) groups excluding carboxylic acids is 1. The summed E-state index contributed by atoms with van der Waals surface area (Å²) in [6.45, 7) is 3.77. The van der Waals surface area contributed by atoms with Crippen molar-refractivity contribution >= 4 is 29.5 Å². The van der Waals surface area contributed by atoms with E-state index in [0.717, 1.165) is 21.9 Å². The number of aromatic nitrogens is 2. The van der Waals surface area contributed by atoms with Crippen LogP contribution >= 0.6 is 11.6 Å². The fourth-order valence-electron chi connectivity index (χ4n) is 2.57. The second-order valence-corrected chi connectivity index (χ2v) is 6.73. The summed E-state index contributed by atoms with van der Waals surface area (Å²) in [5.41, 5.74) is 0.731. The maximum atomic E-state index is 12.2. The lowest BCUT2D eigenvalue weighted by Gasteiger charge is -2.11. The number of benzene rings is 2. The van der Waals surface area contributed by atoms with E-state index in [0.29, 0.717) is 16.4 Å². The highest BCUT2D eigenvalue weighted by Crippen LogP contribution is 2.18. The SMILES string of the molecule is Cc1ccc(-n2c(O)c(/C=N/C(=O)Nc3ccc(Cl)cc3)c(=O)[nH]c2=O)cc1C. The molecule has 1 aromatic heterocycles. The molecule has 0 aliphatic carbocycles. The van der Waals surface area contributed by atoms with Crippen LogP contribution in [0.5, 0.6) is 5.88 Å². The van der Waals surface area contributed by atoms with Gasteiger partial charge in [-0.25, -0.2) is 19.1 Å². The molecule has 0 aliphatic heterocycles. The Morgan fingerprint density at radius 1 is 1.14 bits per heavy atom. The third-order valence-electron chi connectivity index (χ3n) is 4.28. The second-order valence-electron chi connectivity index (χ2n) is 6.30. The number of carbonyl (C=O) groups is 1. The first-order valence-electron chi connectivity index (χ1n) is 8.53. The standard InChI is InChI=1S/C20H17ClN4O4/c1-11-3-8-15(9-12(11)2)25-18(27)16(17(26)24-20(25)29)10-22-19(28)23-14-6-4-13(21)5-7-14/h3-10,27H,1-2H3,(H,23,28)(H,24,26,29)/b22-10+. The van der Waals surface area contributed by atoms with Gasteiger partial charge in [0.15, 0.2) is 0 Å². The number of anilines is 1. The van der Waals surface area contributed by atoms with Crippen molar-refractivity contribution in [2.24, 2.45) is 4.99 Å². The number of aryl methyl sites for hydroxylation is 2. The summed E-state index contributed by atoms with van der Waals surface area (Å²) in [4.78, 5) is 42.1. The monoisotopic (exact) mass is 412 g/mol. The van der Waals surface area contributed by atoms with E-state index in [1.807, 2.05) is 13.8 Å². The maximum absolute atomic E-state index is 12.2. The predicted molar refractivity (Wildman–Crippen MR) is 112 cm³/mol. The molecule has 3 N–H and O–H groups in total. The molecule has 0 saturated heterocycles. The van der Waals surface area contributed by atoms with Gasteiger partial charge in [-0.3, -0.25) is 9.78 Å². The topological polar surface area (TPSA) is 117 Å². The molecule has 0 bridgehead atoms. The van der Waals surface area contributed by atoms with Gasteiger partial charge in [0.2, 0.25) is 5.88 Å². The largest absolute Gasteiger partial charge is 0.493 e. The van der Waals surface area contributed by atoms with Gasteiger partial charge in [0.1, 0.15) is 5.56 Å². The summed E-state index contributed by atoms with van der Waals surface area (Å²) < 4.78 is 0.937. The van der Waals surface area contributed by atoms with E-state index in [-0.39, 0.29) is 5.56 Å². The zero-order chi connectivity index (χ0) is 21.1. The molecule has 0 aliphatic rings. The lowest BCUT2D eigenvalue weighted by molar-refractivity contribution is 0.259. The van der Waals surface area contributed by atoms with Gasteiger partial charge in [-0.05, 0) is 61.4 Å². The van der Waals surface area contributed by atoms with Gasteiger partial charge >= 0.3 is 11.7 Å². The number of urea groups is 1. The van der Waals surface area contributed by atoms with Crippen molar-refractivity contribution in [1.29, 1.82) is 0 Å². The Kier molecular flexibility index (Phi) is 5.65. The van der Waals surface area contributed by atoms with Gasteiger partial charge in [0, 0.05) is 10.7 Å². The van der Waals surface area contributed by atoms with Crippen LogP contribution in [0.1, 0.15) is 16.7 Å². The molecule has 3 rings (SSSR count). The molecule has 2 aromatic carbocycles. The van der Waals surface area contributed by atoms with Crippen molar-refractivity contribution < 1.29 is 9.90 Å². The fraction of sp³-hybridized carbons (Fsp3) is 0.100. The predicted octanol–water partition coefficient (Wildman–Crippen LogP) is 3.15. The Labute approximate surface area is 170 Å². The number of aromatic amines is 1. The van der Waals surface area contributed by atoms with Crippen molar-refractivity contribution in [1.82, 2.24) is 9.55 Å². The van der Waals surface area contributed by atoms with E-state index in [9.17, 15) is 19.5 Å². The Morgan fingerprint density at radius 2 is 1.83 bits per heavy atom. The van der Waals surface area contributed by atoms with E-state index in [1.54, 1.807) is 42.5 Å². The lowest BCUT2D eigenvalue weighted by Crippen LogP contribution is -2.31. The summed E-state index contributed by atoms with van der Waals surface area (Å²) in [5, 5.41) is 13.5. The number of rotatable bonds is 3. The molecular weight excluding hydrogens is 396 g/mol. The van der Waals surface area contributed by atoms with Gasteiger partial charge in [-0.2, -0.15) is 0 Å². The third kappa shape index (κ3) is 4.44. The lowest BCUT2D eigenvalue weighted by atomic mass is 10.1. The minimum Gasteiger partial charge on any atom is -0.493 e. The highest BCUT2D eigenvalue weighted by Gasteiger charge is 2.15. The van der Waals surface area contributed by atoms with Crippen molar-refractivity contribution in [2.75, 3.05) is 5.32 Å². The van der Waals surface area contributed by atoms with Crippen LogP contribution < -0.4 is 16.6 Å². The number of nitrogens with one attached hydrogen (secondary N) is 2. The first-order valence-corrected chi connectivity index (χ1v) is 8.90. The van der Waals surface area contributed by atoms with E-state index in [2.05, 4.69) is 15.3 Å². The first kappa shape index (κ1) is 20.1. The zero-order valence-electron chi connectivity index (χ0n) is 15.6. The quantitative estimate of drug-likeness (QED) is 0.573. The van der Waals surface area contributed by atoms with Gasteiger partial charge in [-0.15, -0.1) is 0 Å². The van der Waals surface area contributed by atoms with Crippen LogP contribution in [0.2, 0.25) is 5.02 Å². The van der Waals surface area contributed by atoms with Gasteiger partial charge in [0.25, 0.3) is 5.56 Å². The molecule has 0 saturated carbocycles. The van der Waals surface area contributed by atoms with Crippen LogP contribution in [0, 0.1) is 13.8 Å². The van der Waals surface area contributed by atoms with Crippen molar-refractivity contribution in [3.63, 3.8) is 0 Å². The Balaban J connectivity index is 1.95. The Hall–Kier alpha value is -3.65. The summed E-state index contributed by atoms with van der Waals surface area (Å²) >= 11 is 5.78. The zero-order valence-corrected chi connectivity index (χ0v) is 16.3. The summed E-state index contributed by atoms with van der Waals surface area (Å²) in [6.07, 6.45) is 0.899. The molecule has 3 aromatic rings. The number of aliphatic imine (C=N–C) groups is 1. The van der Waals surface area contributed by atoms with E-state index >= 15 is 0 Å². The highest BCUT2D eigenvalue weighted by molar-refractivity contribution is 6.30. The molecule has 0 fully saturated rings. The molecule has 0 atom stereocenters. The Bertz CT molecular complexity index is 1230. The highest BCUT2D eigenvalue weighted by atomic mass is 35.5. The first-order chi connectivity index (χ1) is 13.8. The minimum absolute atomic E-state index is 0.325. The molecule has 2 amide bonds. The van der Waals surface area contributed by atoms with Crippen LogP contribution in [-0.4, -0.2) is 26.9 Å². The van der Waals surface area contributed by atoms with Crippen LogP contribution in [0.3, 0.4) is 0 Å². The van der Waals surface area contributed by atoms with Gasteiger partial charge in [0.05, 0.1) is 11.9 Å². The normalized spacial score (nSPS) is 11.0. The maximum Gasteiger partial charge on any atom is 0.345 e. The van der Waals surface area contributed by atoms with Crippen LogP contribution in [0.25, 0.3) is 5.69 Å². The molecule has 8 nitrogen and oxygen atoms in total. The molecular formula is C20H17ClN4O4. The van der Waals surface area contributed by atoms with Crippen LogP contribution in [0.4, 0.5) is 10.5 Å². The summed E-state index contributed by atoms with van der Waals surface area (Å²) in [6, 6.07) is 10.7. The van der Waals surface area contributed by atoms with Crippen molar-refractivity contribution in [3.8, 4) is 11.6 Å². The number of nitrogens with zero attached hydrogens (tertiary/aromatic N) is 2. The third-order valence-corrected chi connectivity index (χ3v) is 4.53. The van der Waals surface area contributed by atoms with Crippen LogP contribution in [-0.2, 0) is 0 Å². The molecule has 0 unspecified atom stereocenters. The average molecular weight is 413 g/mol. The number of amides is 2. The average Bonchev–Trinajstić information content (AvgIpc) is 2.66. The number of hydrogen-bond acceptors (Lipinski definition) is 4. The van der Waals surface area contributed by atoms with Crippen LogP contribution in [0.15, 0.2) is 57.0 Å². The van der Waals surface area contributed by atoms with E-state index < -0.39 is 23.2 Å². The second kappa shape index (κ2) is 8.15. The molecule has 29 heavy (non-hydrogen) atoms. The molecule has 9 heteroatoms. The van der Waals surface area contributed by atoms with Gasteiger partial charge < -0.3 is 10.4 Å². The fourth-order valence-corrected chi connectivity index (χ4v) is 2.70. The van der Waals surface area contributed by atoms with Crippen molar-refractivity contribution in [2.45, 2.75) is 13.8 Å². The number of H-pyrrole nitrogens is 1. The number of hydrogen-bond donors (Lipinski definition) is 3. The molecule has 0 spiro atoms. The minimum atomic E-state index is -0.865. The number of aromatic hydroxyl groups is 1. The smallest absolute Gasteiger partial charge is 0.345 e. The van der Waals surface area contributed by atoms with E-state index in [1.165, 1.54) is 0 Å². The summed E-state index contributed by atoms with van der Waals surface area (Å²) in [5.74, 6) is -0.620. The van der Waals surface area contributed by atoms with Crippen molar-refractivity contribution in [3.05, 3.63) is 85.0 Å². The van der Waals surface area contributed by atoms with Gasteiger partial charge in [-0.1, -0.05) is 17.7 Å².